The van der Waals surface area contributed by atoms with E-state index in [9.17, 15) is 9.90 Å². The Labute approximate surface area is 243 Å². The standard InChI is InChI=1S/C33H47N5O3/c1-28(2)10-12-33(27-35-37-38(36-27)14-15-39)13-11-32(7)25(21(33)18-28)22(40)16-24-30(5)17-20-19-34-41-26(20)29(3,4)23(30)8-9-31(24,32)6/h16,19,21,23,25,39H,8-15,17-18H2,1-7H3/t21-,23-,25-,30-,31+,32+,33-/m0/s1. The van der Waals surface area contributed by atoms with Crippen LogP contribution in [0.1, 0.15) is 111 Å². The zero-order valence-corrected chi connectivity index (χ0v) is 26.0. The fourth-order valence-corrected chi connectivity index (χ4v) is 11.3. The van der Waals surface area contributed by atoms with E-state index in [1.807, 2.05) is 6.20 Å². The fraction of sp³-hybridized carbons (Fsp3) is 0.788. The number of aromatic nitrogens is 5. The number of aliphatic hydroxyl groups is 1. The van der Waals surface area contributed by atoms with Crippen molar-refractivity contribution >= 4 is 5.78 Å². The molecule has 222 valence electrons. The highest BCUT2D eigenvalue weighted by molar-refractivity contribution is 5.95. The number of carbonyl (C=O) groups is 1. The first-order valence-electron chi connectivity index (χ1n) is 15.8. The summed E-state index contributed by atoms with van der Waals surface area (Å²) < 4.78 is 5.83. The van der Waals surface area contributed by atoms with Crippen molar-refractivity contribution in [3.8, 4) is 0 Å². The number of fused-ring (bicyclic) bond motifs is 8. The smallest absolute Gasteiger partial charge is 0.181 e. The molecule has 7 atom stereocenters. The van der Waals surface area contributed by atoms with Gasteiger partial charge in [0.2, 0.25) is 0 Å². The molecule has 41 heavy (non-hydrogen) atoms. The minimum Gasteiger partial charge on any atom is -0.394 e. The number of allylic oxidation sites excluding steroid dienone is 2. The molecular weight excluding hydrogens is 514 g/mol. The van der Waals surface area contributed by atoms with Crippen LogP contribution in [-0.2, 0) is 28.6 Å². The van der Waals surface area contributed by atoms with Crippen molar-refractivity contribution in [3.63, 3.8) is 0 Å². The van der Waals surface area contributed by atoms with Gasteiger partial charge in [0.1, 0.15) is 5.76 Å². The normalized spacial score (nSPS) is 42.3. The summed E-state index contributed by atoms with van der Waals surface area (Å²) in [4.78, 5) is 16.3. The quantitative estimate of drug-likeness (QED) is 0.520. The molecule has 2 aromatic heterocycles. The lowest BCUT2D eigenvalue weighted by Gasteiger charge is -2.69. The third kappa shape index (κ3) is 3.40. The van der Waals surface area contributed by atoms with Crippen LogP contribution in [-0.4, -0.2) is 42.9 Å². The topological polar surface area (TPSA) is 107 Å². The molecule has 0 aliphatic heterocycles. The van der Waals surface area contributed by atoms with Crippen molar-refractivity contribution in [2.24, 2.45) is 39.4 Å². The van der Waals surface area contributed by atoms with Crippen molar-refractivity contribution in [1.29, 1.82) is 0 Å². The maximum Gasteiger partial charge on any atom is 0.181 e. The Balaban J connectivity index is 1.36. The van der Waals surface area contributed by atoms with E-state index >= 15 is 0 Å². The van der Waals surface area contributed by atoms with Crippen LogP contribution in [0.2, 0.25) is 0 Å². The molecule has 5 aliphatic rings. The van der Waals surface area contributed by atoms with E-state index < -0.39 is 0 Å². The number of ketones is 1. The van der Waals surface area contributed by atoms with Crippen LogP contribution in [0.5, 0.6) is 0 Å². The van der Waals surface area contributed by atoms with Crippen LogP contribution < -0.4 is 0 Å². The summed E-state index contributed by atoms with van der Waals surface area (Å²) in [5.74, 6) is 2.61. The molecular formula is C33H47N5O3. The Morgan fingerprint density at radius 2 is 1.80 bits per heavy atom. The Morgan fingerprint density at radius 1 is 1.05 bits per heavy atom. The maximum absolute atomic E-state index is 14.7. The molecule has 0 saturated heterocycles. The summed E-state index contributed by atoms with van der Waals surface area (Å²) in [6, 6.07) is 0. The van der Waals surface area contributed by atoms with Gasteiger partial charge in [-0.1, -0.05) is 59.2 Å². The Bertz CT molecular complexity index is 1440. The average molecular weight is 562 g/mol. The summed E-state index contributed by atoms with van der Waals surface area (Å²) in [6.45, 7) is 17.0. The molecule has 8 heteroatoms. The van der Waals surface area contributed by atoms with Crippen molar-refractivity contribution in [3.05, 3.63) is 35.0 Å². The predicted octanol–water partition coefficient (Wildman–Crippen LogP) is 5.60. The second kappa shape index (κ2) is 8.39. The van der Waals surface area contributed by atoms with Gasteiger partial charge in [-0.25, -0.2) is 0 Å². The number of carbonyl (C=O) groups excluding carboxylic acids is 1. The number of hydrogen-bond donors (Lipinski definition) is 1. The van der Waals surface area contributed by atoms with Gasteiger partial charge in [0, 0.05) is 22.3 Å². The summed E-state index contributed by atoms with van der Waals surface area (Å²) >= 11 is 0. The van der Waals surface area contributed by atoms with Gasteiger partial charge >= 0.3 is 0 Å². The molecule has 8 nitrogen and oxygen atoms in total. The lowest BCUT2D eigenvalue weighted by atomic mass is 9.34. The van der Waals surface area contributed by atoms with Gasteiger partial charge in [0.25, 0.3) is 0 Å². The number of tetrazole rings is 1. The first-order chi connectivity index (χ1) is 19.2. The molecule has 2 heterocycles. The molecule has 0 aromatic carbocycles. The van der Waals surface area contributed by atoms with Crippen LogP contribution in [0.4, 0.5) is 0 Å². The number of hydrogen-bond acceptors (Lipinski definition) is 7. The third-order valence-electron chi connectivity index (χ3n) is 13.5. The third-order valence-corrected chi connectivity index (χ3v) is 13.5. The van der Waals surface area contributed by atoms with E-state index in [0.717, 1.165) is 63.0 Å². The van der Waals surface area contributed by atoms with Crippen molar-refractivity contribution in [2.45, 2.75) is 117 Å². The van der Waals surface area contributed by atoms with Crippen LogP contribution in [0.15, 0.2) is 22.4 Å². The fourth-order valence-electron chi connectivity index (χ4n) is 11.3. The van der Waals surface area contributed by atoms with Crippen LogP contribution in [0.3, 0.4) is 0 Å². The lowest BCUT2D eigenvalue weighted by Crippen LogP contribution is -2.66. The van der Waals surface area contributed by atoms with Gasteiger partial charge in [0.05, 0.1) is 19.3 Å². The Morgan fingerprint density at radius 3 is 2.56 bits per heavy atom. The van der Waals surface area contributed by atoms with Crippen LogP contribution in [0, 0.1) is 39.4 Å². The minimum atomic E-state index is -0.254. The minimum absolute atomic E-state index is 0.0166. The second-order valence-corrected chi connectivity index (χ2v) is 16.3. The number of aliphatic hydroxyl groups excluding tert-OH is 1. The van der Waals surface area contributed by atoms with Crippen molar-refractivity contribution in [1.82, 2.24) is 25.4 Å². The van der Waals surface area contributed by atoms with Gasteiger partial charge in [-0.15, -0.1) is 10.2 Å². The van der Waals surface area contributed by atoms with E-state index in [1.54, 1.807) is 0 Å². The highest BCUT2D eigenvalue weighted by Gasteiger charge is 2.70. The average Bonchev–Trinajstić information content (AvgIpc) is 3.56. The molecule has 3 fully saturated rings. The Hall–Kier alpha value is -2.35. The van der Waals surface area contributed by atoms with Gasteiger partial charge in [-0.2, -0.15) is 4.80 Å². The molecule has 3 saturated carbocycles. The molecule has 2 aromatic rings. The molecule has 0 spiro atoms. The molecule has 0 unspecified atom stereocenters. The summed E-state index contributed by atoms with van der Waals surface area (Å²) in [5.41, 5.74) is 2.00. The first-order valence-corrected chi connectivity index (χ1v) is 15.8. The van der Waals surface area contributed by atoms with Gasteiger partial charge in [0.15, 0.2) is 11.6 Å². The van der Waals surface area contributed by atoms with Crippen molar-refractivity contribution < 1.29 is 14.4 Å². The summed E-state index contributed by atoms with van der Waals surface area (Å²) in [7, 11) is 0. The molecule has 1 N–H and O–H groups in total. The van der Waals surface area contributed by atoms with E-state index in [-0.39, 0.29) is 50.9 Å². The molecule has 5 aliphatic carbocycles. The molecule has 0 bridgehead atoms. The van der Waals surface area contributed by atoms with E-state index in [4.69, 9.17) is 9.62 Å². The lowest BCUT2D eigenvalue weighted by molar-refractivity contribution is -0.160. The largest absolute Gasteiger partial charge is 0.394 e. The van der Waals surface area contributed by atoms with Crippen LogP contribution in [0.25, 0.3) is 0 Å². The van der Waals surface area contributed by atoms with Gasteiger partial charge < -0.3 is 9.63 Å². The first kappa shape index (κ1) is 27.5. The predicted molar refractivity (Wildman–Crippen MR) is 154 cm³/mol. The highest BCUT2D eigenvalue weighted by atomic mass is 16.5. The Kier molecular flexibility index (Phi) is 5.62. The van der Waals surface area contributed by atoms with Gasteiger partial charge in [-0.3, -0.25) is 4.79 Å². The van der Waals surface area contributed by atoms with Gasteiger partial charge in [-0.05, 0) is 96.2 Å². The molecule has 0 radical (unpaired) electrons. The maximum atomic E-state index is 14.7. The van der Waals surface area contributed by atoms with E-state index in [1.165, 1.54) is 15.9 Å². The van der Waals surface area contributed by atoms with Crippen LogP contribution >= 0.6 is 0 Å². The summed E-state index contributed by atoms with van der Waals surface area (Å²) in [6.07, 6.45) is 12.1. The SMILES string of the molecule is CC1(C)CC[C@]2(c3nnn(CCO)n3)CC[C@]3(C)[C@H](C(=O)C=C4[C@@]5(C)Cc6cnoc6C(C)(C)[C@@H]5CC[C@]43C)[C@@H]2C1. The van der Waals surface area contributed by atoms with Crippen molar-refractivity contribution in [2.75, 3.05) is 6.61 Å². The van der Waals surface area contributed by atoms with E-state index in [2.05, 4.69) is 70.0 Å². The monoisotopic (exact) mass is 561 g/mol. The zero-order chi connectivity index (χ0) is 29.2. The summed E-state index contributed by atoms with van der Waals surface area (Å²) in [5, 5.41) is 27.4. The van der Waals surface area contributed by atoms with E-state index in [0.29, 0.717) is 18.2 Å². The number of nitrogens with zero attached hydrogens (tertiary/aromatic N) is 5. The zero-order valence-electron chi connectivity index (χ0n) is 26.0. The second-order valence-electron chi connectivity index (χ2n) is 16.3. The number of rotatable bonds is 3. The molecule has 0 amide bonds. The molecule has 7 rings (SSSR count). The highest BCUT2D eigenvalue weighted by Crippen LogP contribution is 2.74.